The number of alkyl halides is 3. The molecule has 24 heavy (non-hydrogen) atoms. The number of hydrogen-bond acceptors (Lipinski definition) is 2. The van der Waals surface area contributed by atoms with E-state index in [0.717, 1.165) is 12.1 Å². The number of benzene rings is 1. The summed E-state index contributed by atoms with van der Waals surface area (Å²) in [6.07, 6.45) is -3.11. The zero-order valence-corrected chi connectivity index (χ0v) is 13.0. The monoisotopic (exact) mass is 333 g/mol. The van der Waals surface area contributed by atoms with Gasteiger partial charge in [0.25, 0.3) is 5.91 Å². The van der Waals surface area contributed by atoms with Crippen molar-refractivity contribution in [3.05, 3.63) is 58.4 Å². The number of rotatable bonds is 3. The van der Waals surface area contributed by atoms with Crippen molar-refractivity contribution in [2.75, 3.05) is 0 Å². The van der Waals surface area contributed by atoms with Crippen LogP contribution in [0.15, 0.2) is 35.9 Å². The van der Waals surface area contributed by atoms with Gasteiger partial charge < -0.3 is 10.3 Å². The summed E-state index contributed by atoms with van der Waals surface area (Å²) in [5.74, 6) is -0.860. The van der Waals surface area contributed by atoms with Crippen molar-refractivity contribution in [2.24, 2.45) is 5.73 Å². The Labute approximate surface area is 136 Å². The lowest BCUT2D eigenvalue weighted by Crippen LogP contribution is -2.12. The van der Waals surface area contributed by atoms with Gasteiger partial charge in [-0.2, -0.15) is 18.4 Å². The number of aromatic nitrogens is 1. The Bertz CT molecular complexity index is 870. The Hall–Kier alpha value is -3.01. The van der Waals surface area contributed by atoms with Crippen LogP contribution in [-0.4, -0.2) is 10.5 Å². The van der Waals surface area contributed by atoms with Crippen molar-refractivity contribution in [2.45, 2.75) is 20.0 Å². The summed E-state index contributed by atoms with van der Waals surface area (Å²) >= 11 is 0. The summed E-state index contributed by atoms with van der Waals surface area (Å²) in [6.45, 7) is 3.41. The number of aryl methyl sites for hydroxylation is 1. The van der Waals surface area contributed by atoms with Crippen molar-refractivity contribution in [1.82, 2.24) is 4.57 Å². The first-order valence-corrected chi connectivity index (χ1v) is 6.93. The summed E-state index contributed by atoms with van der Waals surface area (Å²) in [4.78, 5) is 11.2. The van der Waals surface area contributed by atoms with E-state index in [1.54, 1.807) is 36.6 Å². The lowest BCUT2D eigenvalue weighted by molar-refractivity contribution is -0.137. The molecule has 0 fully saturated rings. The van der Waals surface area contributed by atoms with Crippen LogP contribution in [0.1, 0.15) is 22.5 Å². The molecule has 0 saturated heterocycles. The first-order valence-electron chi connectivity index (χ1n) is 6.93. The maximum absolute atomic E-state index is 12.9. The Morgan fingerprint density at radius 3 is 2.50 bits per heavy atom. The molecule has 1 heterocycles. The van der Waals surface area contributed by atoms with E-state index in [9.17, 15) is 18.0 Å². The number of amides is 1. The van der Waals surface area contributed by atoms with E-state index in [2.05, 4.69) is 0 Å². The average Bonchev–Trinajstić information content (AvgIpc) is 2.77. The second-order valence-corrected chi connectivity index (χ2v) is 5.24. The third-order valence-electron chi connectivity index (χ3n) is 3.59. The minimum Gasteiger partial charge on any atom is -0.365 e. The summed E-state index contributed by atoms with van der Waals surface area (Å²) < 4.78 is 40.3. The molecule has 0 bridgehead atoms. The van der Waals surface area contributed by atoms with Crippen LogP contribution in [0.2, 0.25) is 0 Å². The Kier molecular flexibility index (Phi) is 4.51. The minimum atomic E-state index is -4.44. The van der Waals surface area contributed by atoms with Gasteiger partial charge in [0, 0.05) is 17.1 Å². The molecule has 0 aliphatic carbocycles. The first kappa shape index (κ1) is 17.3. The molecule has 0 aliphatic rings. The number of carbonyl (C=O) groups is 1. The summed E-state index contributed by atoms with van der Waals surface area (Å²) in [7, 11) is 0. The van der Waals surface area contributed by atoms with Crippen LogP contribution in [0.25, 0.3) is 11.8 Å². The molecule has 2 rings (SSSR count). The van der Waals surface area contributed by atoms with Gasteiger partial charge in [0.15, 0.2) is 0 Å². The molecular weight excluding hydrogens is 319 g/mol. The summed E-state index contributed by atoms with van der Waals surface area (Å²) in [6, 6.07) is 8.32. The SMILES string of the molecule is Cc1cc(/C=C(/C#N)C(N)=O)c(C)n1-c1cccc(C(F)(F)F)c1. The average molecular weight is 333 g/mol. The molecule has 2 N–H and O–H groups in total. The number of primary amides is 1. The molecule has 0 spiro atoms. The zero-order chi connectivity index (χ0) is 18.1. The van der Waals surface area contributed by atoms with Crippen molar-refractivity contribution in [1.29, 1.82) is 5.26 Å². The van der Waals surface area contributed by atoms with Gasteiger partial charge in [-0.15, -0.1) is 0 Å². The van der Waals surface area contributed by atoms with E-state index >= 15 is 0 Å². The number of hydrogen-bond donors (Lipinski definition) is 1. The highest BCUT2D eigenvalue weighted by molar-refractivity contribution is 6.00. The van der Waals surface area contributed by atoms with Crippen LogP contribution in [0.5, 0.6) is 0 Å². The van der Waals surface area contributed by atoms with Gasteiger partial charge in [-0.25, -0.2) is 0 Å². The maximum Gasteiger partial charge on any atom is 0.416 e. The molecular formula is C17H14F3N3O. The lowest BCUT2D eigenvalue weighted by Gasteiger charge is -2.13. The fourth-order valence-corrected chi connectivity index (χ4v) is 2.47. The highest BCUT2D eigenvalue weighted by Crippen LogP contribution is 2.31. The van der Waals surface area contributed by atoms with E-state index in [4.69, 9.17) is 11.0 Å². The number of halogens is 3. The smallest absolute Gasteiger partial charge is 0.365 e. The van der Waals surface area contributed by atoms with Crippen molar-refractivity contribution < 1.29 is 18.0 Å². The van der Waals surface area contributed by atoms with E-state index in [-0.39, 0.29) is 5.57 Å². The van der Waals surface area contributed by atoms with Crippen molar-refractivity contribution >= 4 is 12.0 Å². The van der Waals surface area contributed by atoms with E-state index in [1.165, 1.54) is 12.1 Å². The number of nitrogens with two attached hydrogens (primary N) is 1. The van der Waals surface area contributed by atoms with Crippen LogP contribution in [0.4, 0.5) is 13.2 Å². The van der Waals surface area contributed by atoms with E-state index in [0.29, 0.717) is 22.6 Å². The molecule has 1 aromatic carbocycles. The summed E-state index contributed by atoms with van der Waals surface area (Å²) in [5.41, 5.74) is 6.28. The molecule has 7 heteroatoms. The molecule has 0 aliphatic heterocycles. The van der Waals surface area contributed by atoms with Gasteiger partial charge >= 0.3 is 6.18 Å². The van der Waals surface area contributed by atoms with Gasteiger partial charge in [-0.1, -0.05) is 6.07 Å². The molecule has 1 aromatic heterocycles. The zero-order valence-electron chi connectivity index (χ0n) is 13.0. The van der Waals surface area contributed by atoms with Crippen molar-refractivity contribution in [3.8, 4) is 11.8 Å². The van der Waals surface area contributed by atoms with Crippen LogP contribution >= 0.6 is 0 Å². The molecule has 2 aromatic rings. The van der Waals surface area contributed by atoms with Crippen LogP contribution in [0.3, 0.4) is 0 Å². The predicted octanol–water partition coefficient (Wildman–Crippen LogP) is 3.51. The van der Waals surface area contributed by atoms with E-state index in [1.807, 2.05) is 0 Å². The second-order valence-electron chi connectivity index (χ2n) is 5.24. The fraction of sp³-hybridized carbons (Fsp3) is 0.176. The van der Waals surface area contributed by atoms with E-state index < -0.39 is 17.6 Å². The number of nitriles is 1. The van der Waals surface area contributed by atoms with Crippen LogP contribution < -0.4 is 5.73 Å². The maximum atomic E-state index is 12.9. The quantitative estimate of drug-likeness (QED) is 0.690. The van der Waals surface area contributed by atoms with Gasteiger partial charge in [-0.3, -0.25) is 4.79 Å². The molecule has 124 valence electrons. The molecule has 4 nitrogen and oxygen atoms in total. The lowest BCUT2D eigenvalue weighted by atomic mass is 10.1. The second kappa shape index (κ2) is 6.24. The van der Waals surface area contributed by atoms with Crippen molar-refractivity contribution in [3.63, 3.8) is 0 Å². The molecule has 1 amide bonds. The standard InChI is InChI=1S/C17H14F3N3O/c1-10-6-12(7-13(9-21)16(22)24)11(2)23(10)15-5-3-4-14(8-15)17(18,19)20/h3-8H,1-2H3,(H2,22,24)/b13-7-. The van der Waals surface area contributed by atoms with Gasteiger partial charge in [0.1, 0.15) is 11.6 Å². The van der Waals surface area contributed by atoms with Gasteiger partial charge in [0.05, 0.1) is 5.56 Å². The molecule has 0 saturated carbocycles. The minimum absolute atomic E-state index is 0.223. The molecule has 0 radical (unpaired) electrons. The third kappa shape index (κ3) is 3.33. The van der Waals surface area contributed by atoms with Gasteiger partial charge in [0.2, 0.25) is 0 Å². The Morgan fingerprint density at radius 1 is 1.29 bits per heavy atom. The highest BCUT2D eigenvalue weighted by atomic mass is 19.4. The molecule has 0 atom stereocenters. The largest absolute Gasteiger partial charge is 0.416 e. The molecule has 0 unspecified atom stereocenters. The van der Waals surface area contributed by atoms with Crippen LogP contribution in [-0.2, 0) is 11.0 Å². The third-order valence-corrected chi connectivity index (χ3v) is 3.59. The first-order chi connectivity index (χ1) is 11.1. The topological polar surface area (TPSA) is 71.8 Å². The number of nitrogens with zero attached hydrogens (tertiary/aromatic N) is 2. The normalized spacial score (nSPS) is 12.1. The number of carbonyl (C=O) groups excluding carboxylic acids is 1. The highest BCUT2D eigenvalue weighted by Gasteiger charge is 2.30. The summed E-state index contributed by atoms with van der Waals surface area (Å²) in [5, 5.41) is 8.92. The fourth-order valence-electron chi connectivity index (χ4n) is 2.47. The predicted molar refractivity (Wildman–Crippen MR) is 83.0 cm³/mol. The van der Waals surface area contributed by atoms with Crippen LogP contribution in [0, 0.1) is 25.2 Å². The Morgan fingerprint density at radius 2 is 1.96 bits per heavy atom. The van der Waals surface area contributed by atoms with Gasteiger partial charge in [-0.05, 0) is 49.8 Å². The Balaban J connectivity index is 2.59.